The summed E-state index contributed by atoms with van der Waals surface area (Å²) in [5.74, 6) is -10.3. The van der Waals surface area contributed by atoms with Crippen molar-refractivity contribution in [3.8, 4) is 0 Å². The van der Waals surface area contributed by atoms with Crippen LogP contribution in [0.1, 0.15) is 126 Å². The third-order valence-corrected chi connectivity index (χ3v) is 13.4. The Balaban J connectivity index is 0. The first-order valence-electron chi connectivity index (χ1n) is 29.7. The van der Waals surface area contributed by atoms with Gasteiger partial charge in [0, 0.05) is 19.5 Å². The van der Waals surface area contributed by atoms with Gasteiger partial charge in [0.05, 0.1) is 18.1 Å². The molecule has 0 radical (unpaired) electrons. The van der Waals surface area contributed by atoms with Gasteiger partial charge in [0.25, 0.3) is 0 Å². The third kappa shape index (κ3) is 39.6. The van der Waals surface area contributed by atoms with E-state index in [1.165, 1.54) is 13.8 Å². The smallest absolute Gasteiger partial charge is 0.391 e. The van der Waals surface area contributed by atoms with E-state index >= 15 is 0 Å². The maximum atomic E-state index is 14.4. The summed E-state index contributed by atoms with van der Waals surface area (Å²) in [7, 11) is -9.33. The molecule has 1 heterocycles. The van der Waals surface area contributed by atoms with Crippen molar-refractivity contribution in [2.24, 2.45) is 52.3 Å². The minimum absolute atomic E-state index is 0.0128. The van der Waals surface area contributed by atoms with Crippen LogP contribution in [0.3, 0.4) is 0 Å². The zero-order valence-electron chi connectivity index (χ0n) is 52.9. The third-order valence-electron chi connectivity index (χ3n) is 13.4. The lowest BCUT2D eigenvalue weighted by molar-refractivity contribution is -0.137. The molecule has 0 bridgehead atoms. The SMILES string of the molecule is CC(C)CCCCC(=O)NC(CCN)C(=O)NC(C(=O)NC(CCN)C(=O)NC1CCNC(=O)C(C(C)O)NC(=O)C(CCN)NC(=O)C(CCN)NC(=O)C(C(C)C)CNC(=O)C(CC(C)C)NC(=O)C(CCN)NC1=O)C(C)O.O=S(=O)(O)O.O=S(=O)(O)O. The Morgan fingerprint density at radius 3 is 1.40 bits per heavy atom. The second kappa shape index (κ2) is 45.0. The van der Waals surface area contributed by atoms with Crippen LogP contribution < -0.4 is 87.2 Å². The number of amides is 11. The van der Waals surface area contributed by atoms with Crippen molar-refractivity contribution in [1.29, 1.82) is 0 Å². The molecule has 39 heteroatoms. The Morgan fingerprint density at radius 2 is 0.967 bits per heavy atom. The van der Waals surface area contributed by atoms with Crippen LogP contribution in [-0.2, 0) is 73.5 Å². The number of nitrogens with one attached hydrogen (secondary N) is 11. The van der Waals surface area contributed by atoms with E-state index in [4.69, 9.17) is 63.7 Å². The van der Waals surface area contributed by atoms with Crippen LogP contribution in [0.5, 0.6) is 0 Å². The average molecular weight is 1350 g/mol. The van der Waals surface area contributed by atoms with Gasteiger partial charge < -0.3 is 97.4 Å². The molecule has 0 aromatic rings. The molecule has 0 aliphatic carbocycles. The highest BCUT2D eigenvalue weighted by molar-refractivity contribution is 7.80. The van der Waals surface area contributed by atoms with Crippen molar-refractivity contribution in [3.63, 3.8) is 0 Å². The maximum absolute atomic E-state index is 14.4. The molecule has 11 amide bonds. The van der Waals surface area contributed by atoms with Crippen LogP contribution in [0, 0.1) is 23.7 Å². The molecule has 528 valence electrons. The van der Waals surface area contributed by atoms with Crippen molar-refractivity contribution in [2.45, 2.75) is 193 Å². The van der Waals surface area contributed by atoms with Crippen LogP contribution >= 0.6 is 0 Å². The second-order valence-corrected chi connectivity index (χ2v) is 24.5. The molecule has 37 nitrogen and oxygen atoms in total. The first kappa shape index (κ1) is 86.7. The molecule has 27 N–H and O–H groups in total. The number of unbranched alkanes of at least 4 members (excludes halogenated alkanes) is 1. The van der Waals surface area contributed by atoms with E-state index in [0.717, 1.165) is 12.8 Å². The molecule has 0 aromatic heterocycles. The fourth-order valence-corrected chi connectivity index (χ4v) is 8.62. The summed E-state index contributed by atoms with van der Waals surface area (Å²) in [6.07, 6.45) is -1.74. The lowest BCUT2D eigenvalue weighted by Gasteiger charge is -2.29. The Hall–Kier alpha value is -6.37. The molecular weight excluding hydrogens is 1250 g/mol. The molecular formula is C52H102N16O21S2. The Kier molecular flexibility index (Phi) is 42.9. The number of hydrogen-bond donors (Lipinski definition) is 22. The number of carbonyl (C=O) groups excluding carboxylic acids is 11. The van der Waals surface area contributed by atoms with Crippen LogP contribution in [0.15, 0.2) is 0 Å². The van der Waals surface area contributed by atoms with E-state index in [0.29, 0.717) is 12.3 Å². The summed E-state index contributed by atoms with van der Waals surface area (Å²) in [6.45, 7) is 12.3. The Labute approximate surface area is 531 Å². The van der Waals surface area contributed by atoms with Gasteiger partial charge in [-0.05, 0) is 116 Å². The van der Waals surface area contributed by atoms with Crippen LogP contribution in [0.25, 0.3) is 0 Å². The van der Waals surface area contributed by atoms with Gasteiger partial charge in [-0.2, -0.15) is 16.8 Å². The fraction of sp³-hybridized carbons (Fsp3) is 0.788. The zero-order chi connectivity index (χ0) is 70.5. The number of aliphatic hydroxyl groups is 2. The van der Waals surface area contributed by atoms with Gasteiger partial charge in [-0.3, -0.25) is 71.0 Å². The molecule has 1 saturated heterocycles. The monoisotopic (exact) mass is 1350 g/mol. The minimum Gasteiger partial charge on any atom is -0.391 e. The molecule has 91 heavy (non-hydrogen) atoms. The van der Waals surface area contributed by atoms with Crippen LogP contribution in [0.2, 0.25) is 0 Å². The molecule has 12 atom stereocenters. The molecule has 12 unspecified atom stereocenters. The summed E-state index contributed by atoms with van der Waals surface area (Å²) in [5, 5.41) is 49.6. The van der Waals surface area contributed by atoms with E-state index in [-0.39, 0.29) is 90.1 Å². The van der Waals surface area contributed by atoms with Gasteiger partial charge >= 0.3 is 20.8 Å². The van der Waals surface area contributed by atoms with Crippen LogP contribution in [-0.4, -0.2) is 223 Å². The summed E-state index contributed by atoms with van der Waals surface area (Å²) >= 11 is 0. The topological polar surface area (TPSA) is 640 Å². The van der Waals surface area contributed by atoms with Gasteiger partial charge in [0.1, 0.15) is 54.4 Å². The van der Waals surface area contributed by atoms with Gasteiger partial charge in [0.2, 0.25) is 65.0 Å². The van der Waals surface area contributed by atoms with E-state index in [1.807, 2.05) is 0 Å². The van der Waals surface area contributed by atoms with Gasteiger partial charge in [-0.15, -0.1) is 0 Å². The summed E-state index contributed by atoms with van der Waals surface area (Å²) in [4.78, 5) is 152. The van der Waals surface area contributed by atoms with E-state index in [9.17, 15) is 63.0 Å². The summed E-state index contributed by atoms with van der Waals surface area (Å²) in [5.41, 5.74) is 29.2. The molecule has 0 saturated carbocycles. The normalized spacial score (nSPS) is 22.1. The average Bonchev–Trinajstić information content (AvgIpc) is 2.37. The summed E-state index contributed by atoms with van der Waals surface area (Å²) < 4.78 is 63.2. The first-order chi connectivity index (χ1) is 42.1. The number of carbonyl (C=O) groups is 11. The highest BCUT2D eigenvalue weighted by atomic mass is 32.3. The first-order valence-corrected chi connectivity index (χ1v) is 32.5. The number of rotatable bonds is 27. The largest absolute Gasteiger partial charge is 0.394 e. The second-order valence-electron chi connectivity index (χ2n) is 22.7. The highest BCUT2D eigenvalue weighted by Crippen LogP contribution is 2.14. The van der Waals surface area contributed by atoms with Crippen molar-refractivity contribution >= 4 is 85.8 Å². The molecule has 0 aromatic carbocycles. The van der Waals surface area contributed by atoms with E-state index in [2.05, 4.69) is 72.3 Å². The fourth-order valence-electron chi connectivity index (χ4n) is 8.62. The van der Waals surface area contributed by atoms with Gasteiger partial charge in [-0.1, -0.05) is 54.4 Å². The predicted molar refractivity (Wildman–Crippen MR) is 329 cm³/mol. The van der Waals surface area contributed by atoms with Crippen molar-refractivity contribution in [2.75, 3.05) is 45.8 Å². The predicted octanol–water partition coefficient (Wildman–Crippen LogP) is -7.28. The highest BCUT2D eigenvalue weighted by Gasteiger charge is 2.37. The maximum Gasteiger partial charge on any atom is 0.394 e. The lowest BCUT2D eigenvalue weighted by atomic mass is 9.93. The molecule has 1 rings (SSSR count). The van der Waals surface area contributed by atoms with Crippen molar-refractivity contribution in [3.05, 3.63) is 0 Å². The number of hydrogen-bond acceptors (Lipinski definition) is 22. The number of nitrogens with two attached hydrogens (primary N) is 5. The van der Waals surface area contributed by atoms with Gasteiger partial charge in [-0.25, -0.2) is 0 Å². The summed E-state index contributed by atoms with van der Waals surface area (Å²) in [6, 6.07) is -13.0. The molecule has 1 aliphatic rings. The van der Waals surface area contributed by atoms with E-state index < -0.39 is 177 Å². The Morgan fingerprint density at radius 1 is 0.516 bits per heavy atom. The van der Waals surface area contributed by atoms with Crippen molar-refractivity contribution < 1.29 is 98.0 Å². The molecule has 1 aliphatic heterocycles. The lowest BCUT2D eigenvalue weighted by Crippen LogP contribution is -2.62. The molecule has 0 spiro atoms. The Bertz CT molecular complexity index is 2500. The standard InChI is InChI=1S/C52H98N16O13.2H2O4S/c1-27(2)11-9-10-12-40(71)60-33(13-19-53)49(78)68-42(31(8)70)52(81)65-36(16-22-56)46(75)64-38-18-24-58-51(80)41(30(7)69)67-50(79)37(17-23-57)63-45(74)34(14-20-54)61-43(72)32(29(5)6)26-59-44(73)39(25-28(3)4)66-47(76)35(15-21-55)62-48(38)77;2*1-5(2,3)4/h27-39,41-42,69-70H,9-26,53-57H2,1-8H3,(H,58,80)(H,59,73)(H,60,71)(H,61,72)(H,62,77)(H,63,74)(H,64,75)(H,65,81)(H,66,76)(H,67,79)(H,68,78);2*(H2,1,2,3,4). The quantitative estimate of drug-likeness (QED) is 0.0268. The van der Waals surface area contributed by atoms with Gasteiger partial charge in [0.15, 0.2) is 0 Å². The van der Waals surface area contributed by atoms with E-state index in [1.54, 1.807) is 27.7 Å². The zero-order valence-corrected chi connectivity index (χ0v) is 54.5. The minimum atomic E-state index is -4.67. The van der Waals surface area contributed by atoms with Crippen LogP contribution in [0.4, 0.5) is 0 Å². The molecule has 1 fully saturated rings. The van der Waals surface area contributed by atoms with Crippen molar-refractivity contribution in [1.82, 2.24) is 58.5 Å². The number of aliphatic hydroxyl groups excluding tert-OH is 2.